The molecule has 17 heavy (non-hydrogen) atoms. The maximum atomic E-state index is 11.7. The van der Waals surface area contributed by atoms with Crippen LogP contribution in [0.3, 0.4) is 0 Å². The fourth-order valence-electron chi connectivity index (χ4n) is 1.38. The summed E-state index contributed by atoms with van der Waals surface area (Å²) in [5, 5.41) is 6.64. The van der Waals surface area contributed by atoms with Crippen molar-refractivity contribution in [2.75, 3.05) is 0 Å². The molecule has 4 nitrogen and oxygen atoms in total. The number of nitrogens with one attached hydrogen (secondary N) is 1. The Bertz CT molecular complexity index is 468. The first-order valence-corrected chi connectivity index (χ1v) is 5.78. The van der Waals surface area contributed by atoms with Gasteiger partial charge in [0.25, 0.3) is 5.91 Å². The van der Waals surface area contributed by atoms with Gasteiger partial charge in [-0.15, -0.1) is 0 Å². The van der Waals surface area contributed by atoms with Crippen molar-refractivity contribution in [2.45, 2.75) is 32.7 Å². The molecular formula is C13H16N2O2. The Kier molecular flexibility index (Phi) is 3.42. The van der Waals surface area contributed by atoms with E-state index in [-0.39, 0.29) is 5.91 Å². The first kappa shape index (κ1) is 11.6. The molecule has 1 heterocycles. The van der Waals surface area contributed by atoms with Crippen LogP contribution in [-0.4, -0.2) is 17.1 Å². The van der Waals surface area contributed by atoms with Gasteiger partial charge in [0, 0.05) is 12.1 Å². The van der Waals surface area contributed by atoms with Crippen LogP contribution in [0.25, 0.3) is 5.57 Å². The lowest BCUT2D eigenvalue weighted by Crippen LogP contribution is -2.25. The molecule has 2 rings (SSSR count). The van der Waals surface area contributed by atoms with Crippen molar-refractivity contribution in [1.29, 1.82) is 0 Å². The third-order valence-electron chi connectivity index (χ3n) is 2.58. The first-order chi connectivity index (χ1) is 8.20. The summed E-state index contributed by atoms with van der Waals surface area (Å²) in [6, 6.07) is 2.01. The quantitative estimate of drug-likeness (QED) is 0.812. The fraction of sp³-hybridized carbons (Fsp3) is 0.385. The highest BCUT2D eigenvalue weighted by Crippen LogP contribution is 2.20. The molecule has 0 saturated heterocycles. The van der Waals surface area contributed by atoms with E-state index >= 15 is 0 Å². The van der Waals surface area contributed by atoms with Gasteiger partial charge in [-0.1, -0.05) is 23.4 Å². The minimum absolute atomic E-state index is 0.152. The van der Waals surface area contributed by atoms with Crippen molar-refractivity contribution in [3.63, 3.8) is 0 Å². The van der Waals surface area contributed by atoms with Gasteiger partial charge in [0.05, 0.1) is 0 Å². The molecule has 0 radical (unpaired) electrons. The van der Waals surface area contributed by atoms with E-state index in [2.05, 4.69) is 10.5 Å². The lowest BCUT2D eigenvalue weighted by Gasteiger charge is -1.96. The number of allylic oxidation sites excluding steroid dienone is 4. The van der Waals surface area contributed by atoms with Crippen LogP contribution in [-0.2, 0) is 0 Å². The molecule has 1 saturated carbocycles. The molecule has 1 aliphatic carbocycles. The Hall–Kier alpha value is -1.84. The van der Waals surface area contributed by atoms with Crippen LogP contribution in [0.5, 0.6) is 0 Å². The molecule has 1 fully saturated rings. The molecule has 90 valence electrons. The SMILES string of the molecule is C/C=C\C=C(/C)c1cc(C(=O)NC2CC2)no1. The zero-order chi connectivity index (χ0) is 12.3. The number of nitrogens with zero attached hydrogens (tertiary/aromatic N) is 1. The minimum Gasteiger partial charge on any atom is -0.356 e. The second-order valence-corrected chi connectivity index (χ2v) is 4.20. The van der Waals surface area contributed by atoms with Crippen LogP contribution in [0, 0.1) is 0 Å². The Balaban J connectivity index is 2.06. The van der Waals surface area contributed by atoms with Gasteiger partial charge in [-0.25, -0.2) is 0 Å². The average molecular weight is 232 g/mol. The van der Waals surface area contributed by atoms with E-state index in [1.807, 2.05) is 32.1 Å². The van der Waals surface area contributed by atoms with Gasteiger partial charge in [-0.3, -0.25) is 4.79 Å². The van der Waals surface area contributed by atoms with Gasteiger partial charge in [0.2, 0.25) is 0 Å². The van der Waals surface area contributed by atoms with E-state index in [4.69, 9.17) is 4.52 Å². The summed E-state index contributed by atoms with van der Waals surface area (Å²) in [5.74, 6) is 0.477. The molecule has 0 spiro atoms. The highest BCUT2D eigenvalue weighted by molar-refractivity contribution is 5.93. The molecule has 4 heteroatoms. The van der Waals surface area contributed by atoms with Gasteiger partial charge >= 0.3 is 0 Å². The summed E-state index contributed by atoms with van der Waals surface area (Å²) in [7, 11) is 0. The summed E-state index contributed by atoms with van der Waals surface area (Å²) in [5.41, 5.74) is 1.29. The molecule has 1 aromatic rings. The predicted molar refractivity (Wildman–Crippen MR) is 65.5 cm³/mol. The lowest BCUT2D eigenvalue weighted by atomic mass is 10.2. The molecule has 1 aromatic heterocycles. The maximum Gasteiger partial charge on any atom is 0.273 e. The second kappa shape index (κ2) is 4.99. The van der Waals surface area contributed by atoms with Gasteiger partial charge in [-0.05, 0) is 32.3 Å². The number of hydrogen-bond donors (Lipinski definition) is 1. The lowest BCUT2D eigenvalue weighted by molar-refractivity contribution is 0.0942. The van der Waals surface area contributed by atoms with Crippen molar-refractivity contribution in [1.82, 2.24) is 10.5 Å². The minimum atomic E-state index is -0.152. The van der Waals surface area contributed by atoms with Crippen molar-refractivity contribution in [2.24, 2.45) is 0 Å². The number of aromatic nitrogens is 1. The third-order valence-corrected chi connectivity index (χ3v) is 2.58. The van der Waals surface area contributed by atoms with E-state index in [1.54, 1.807) is 6.07 Å². The third kappa shape index (κ3) is 3.06. The van der Waals surface area contributed by atoms with Gasteiger partial charge < -0.3 is 9.84 Å². The topological polar surface area (TPSA) is 55.1 Å². The van der Waals surface area contributed by atoms with Crippen LogP contribution in [0.1, 0.15) is 42.9 Å². The molecule has 1 N–H and O–H groups in total. The zero-order valence-electron chi connectivity index (χ0n) is 10.1. The summed E-state index contributed by atoms with van der Waals surface area (Å²) in [6.45, 7) is 3.86. The van der Waals surface area contributed by atoms with Gasteiger partial charge in [0.1, 0.15) is 0 Å². The molecule has 0 aliphatic heterocycles. The number of carbonyl (C=O) groups is 1. The summed E-state index contributed by atoms with van der Waals surface area (Å²) >= 11 is 0. The van der Waals surface area contributed by atoms with Crippen LogP contribution in [0.2, 0.25) is 0 Å². The predicted octanol–water partition coefficient (Wildman–Crippen LogP) is 2.55. The Labute approximate surface area is 100 Å². The van der Waals surface area contributed by atoms with E-state index in [1.165, 1.54) is 0 Å². The molecular weight excluding hydrogens is 216 g/mol. The smallest absolute Gasteiger partial charge is 0.273 e. The van der Waals surface area contributed by atoms with Crippen LogP contribution in [0.15, 0.2) is 28.8 Å². The van der Waals surface area contributed by atoms with E-state index < -0.39 is 0 Å². The van der Waals surface area contributed by atoms with Gasteiger partial charge in [0.15, 0.2) is 11.5 Å². The standard InChI is InChI=1S/C13H16N2O2/c1-3-4-5-9(2)12-8-11(15-17-12)13(16)14-10-6-7-10/h3-5,8,10H,6-7H2,1-2H3,(H,14,16)/b4-3-,9-5+. The number of hydrogen-bond acceptors (Lipinski definition) is 3. The first-order valence-electron chi connectivity index (χ1n) is 5.78. The summed E-state index contributed by atoms with van der Waals surface area (Å²) < 4.78 is 5.13. The van der Waals surface area contributed by atoms with E-state index in [0.29, 0.717) is 17.5 Å². The molecule has 1 aliphatic rings. The Morgan fingerprint density at radius 1 is 1.59 bits per heavy atom. The normalized spacial score (nSPS) is 16.5. The van der Waals surface area contributed by atoms with Crippen LogP contribution < -0.4 is 5.32 Å². The van der Waals surface area contributed by atoms with Crippen molar-refractivity contribution in [3.8, 4) is 0 Å². The number of rotatable bonds is 4. The van der Waals surface area contributed by atoms with Gasteiger partial charge in [-0.2, -0.15) is 0 Å². The van der Waals surface area contributed by atoms with Crippen molar-refractivity contribution < 1.29 is 9.32 Å². The summed E-state index contributed by atoms with van der Waals surface area (Å²) in [6.07, 6.45) is 7.90. The van der Waals surface area contributed by atoms with E-state index in [0.717, 1.165) is 18.4 Å². The highest BCUT2D eigenvalue weighted by Gasteiger charge is 2.25. The fourth-order valence-corrected chi connectivity index (χ4v) is 1.38. The van der Waals surface area contributed by atoms with E-state index in [9.17, 15) is 4.79 Å². The number of amides is 1. The maximum absolute atomic E-state index is 11.7. The molecule has 0 aromatic carbocycles. The summed E-state index contributed by atoms with van der Waals surface area (Å²) in [4.78, 5) is 11.7. The van der Waals surface area contributed by atoms with Crippen LogP contribution in [0.4, 0.5) is 0 Å². The molecule has 0 atom stereocenters. The molecule has 1 amide bonds. The van der Waals surface area contributed by atoms with Crippen molar-refractivity contribution >= 4 is 11.5 Å². The highest BCUT2D eigenvalue weighted by atomic mass is 16.5. The monoisotopic (exact) mass is 232 g/mol. The Morgan fingerprint density at radius 3 is 3.00 bits per heavy atom. The number of carbonyl (C=O) groups excluding carboxylic acids is 1. The second-order valence-electron chi connectivity index (χ2n) is 4.20. The molecule has 0 bridgehead atoms. The molecule has 0 unspecified atom stereocenters. The largest absolute Gasteiger partial charge is 0.356 e. The zero-order valence-corrected chi connectivity index (χ0v) is 10.1. The Morgan fingerprint density at radius 2 is 2.35 bits per heavy atom. The van der Waals surface area contributed by atoms with Crippen molar-refractivity contribution in [3.05, 3.63) is 35.7 Å². The average Bonchev–Trinajstić information content (AvgIpc) is 2.99. The van der Waals surface area contributed by atoms with Crippen LogP contribution >= 0.6 is 0 Å².